The third-order valence-corrected chi connectivity index (χ3v) is 21.5. The lowest BCUT2D eigenvalue weighted by Gasteiger charge is -2.19. The van der Waals surface area contributed by atoms with Crippen LogP contribution in [0.3, 0.4) is 0 Å². The number of nitrogen functional groups attached to an aromatic ring is 4. The second kappa shape index (κ2) is 32.0. The molecule has 0 fully saturated rings. The number of hydrogen-bond donors (Lipinski definition) is 12. The van der Waals surface area contributed by atoms with Gasteiger partial charge in [0, 0.05) is 85.5 Å². The first-order chi connectivity index (χ1) is 59.0. The zero-order valence-electron chi connectivity index (χ0n) is 70.4. The Bertz CT molecular complexity index is 7340. The summed E-state index contributed by atoms with van der Waals surface area (Å²) in [6.45, 7) is 29.2. The quantitative estimate of drug-likeness (QED) is 0.0510. The van der Waals surface area contributed by atoms with Gasteiger partial charge in [-0.05, 0) is 145 Å². The van der Waals surface area contributed by atoms with Gasteiger partial charge in [0.25, 0.3) is 23.6 Å². The Kier molecular flexibility index (Phi) is 21.3. The normalized spacial score (nSPS) is 12.0. The number of benzene rings is 4. The number of thiazole rings is 1. The second-order valence-electron chi connectivity index (χ2n) is 33.4. The van der Waals surface area contributed by atoms with Crippen molar-refractivity contribution in [3.8, 4) is 45.0 Å². The summed E-state index contributed by atoms with van der Waals surface area (Å²) in [6.07, 6.45) is 9.95. The molecule has 19 aromatic rings. The summed E-state index contributed by atoms with van der Waals surface area (Å²) < 4.78 is 9.06. The summed E-state index contributed by atoms with van der Waals surface area (Å²) >= 11 is 2.69. The van der Waals surface area contributed by atoms with Gasteiger partial charge in [0.15, 0.2) is 22.6 Å². The molecule has 124 heavy (non-hydrogen) atoms. The van der Waals surface area contributed by atoms with Crippen molar-refractivity contribution in [3.63, 3.8) is 0 Å². The average Bonchev–Trinajstić information content (AvgIpc) is 1.61. The minimum Gasteiger partial charge on any atom is -0.383 e. The number of aromatic nitrogens is 25. The SMILES string of the molecule is CC(C)(C)n1nc(-c2ccc3cc(C(=O)Nc4cncs4)[nH]c3c2)c2c(N)ncnc21.CCCNC(=O)c1cc2ccc(-c3nn(C(C)(C)C)c4ncnc(N)c34)cc2[nH]1.Cc1nnc(NC(=O)c2cc3ccc(-c4nn(C(C)(C)C)c5ncnc(N)c45)cc3[nH]2)s1.Cn1nccc1NC(=O)c1cc2ccc(-c3nn(C(C)(C)C)c4ncnc(N)c34)cc2[nH]1. The van der Waals surface area contributed by atoms with Crippen molar-refractivity contribution < 1.29 is 19.2 Å². The summed E-state index contributed by atoms with van der Waals surface area (Å²) in [5.74, 6) is 1.29. The lowest BCUT2D eigenvalue weighted by atomic mass is 10.1. The topological polar surface area (TPSA) is 515 Å². The number of carbonyl (C=O) groups is 4. The van der Waals surface area contributed by atoms with E-state index >= 15 is 0 Å². The molecule has 15 aromatic heterocycles. The molecule has 0 atom stereocenters. The molecule has 0 aliphatic heterocycles. The monoisotopic (exact) mass is 1700 g/mol. The van der Waals surface area contributed by atoms with Gasteiger partial charge >= 0.3 is 0 Å². The van der Waals surface area contributed by atoms with E-state index in [0.29, 0.717) is 124 Å². The van der Waals surface area contributed by atoms with Crippen molar-refractivity contribution >= 4 is 173 Å². The highest BCUT2D eigenvalue weighted by Crippen LogP contribution is 2.40. The van der Waals surface area contributed by atoms with Crippen LogP contribution in [0.4, 0.5) is 39.2 Å². The van der Waals surface area contributed by atoms with E-state index in [4.69, 9.17) is 43.3 Å². The number of H-pyrrole nitrogens is 4. The Morgan fingerprint density at radius 1 is 0.427 bits per heavy atom. The number of carbonyl (C=O) groups excluding carboxylic acids is 4. The molecule has 37 nitrogen and oxygen atoms in total. The van der Waals surface area contributed by atoms with E-state index in [1.807, 2.05) is 124 Å². The van der Waals surface area contributed by atoms with Gasteiger partial charge in [-0.15, -0.1) is 21.5 Å². The molecule has 4 amide bonds. The van der Waals surface area contributed by atoms with Gasteiger partial charge in [0.2, 0.25) is 5.13 Å². The molecule has 0 radical (unpaired) electrons. The number of amides is 4. The van der Waals surface area contributed by atoms with Crippen LogP contribution >= 0.6 is 22.7 Å². The lowest BCUT2D eigenvalue weighted by Crippen LogP contribution is -2.24. The Labute approximate surface area is 714 Å². The van der Waals surface area contributed by atoms with Crippen molar-refractivity contribution in [1.29, 1.82) is 0 Å². The molecule has 0 aliphatic carbocycles. The van der Waals surface area contributed by atoms with Gasteiger partial charge in [-0.3, -0.25) is 34.2 Å². The number of hydrogen-bond acceptors (Lipinski definition) is 26. The van der Waals surface area contributed by atoms with E-state index in [9.17, 15) is 19.2 Å². The Morgan fingerprint density at radius 3 is 1.06 bits per heavy atom. The lowest BCUT2D eigenvalue weighted by molar-refractivity contribution is 0.0947. The number of nitrogens with zero attached hydrogens (tertiary/aromatic N) is 21. The minimum atomic E-state index is -0.290. The molecule has 0 saturated carbocycles. The predicted octanol–water partition coefficient (Wildman–Crippen LogP) is 14.5. The van der Waals surface area contributed by atoms with E-state index in [-0.39, 0.29) is 45.8 Å². The Balaban J connectivity index is 0.000000122. The molecule has 4 aromatic carbocycles. The highest BCUT2D eigenvalue weighted by atomic mass is 32.1. The van der Waals surface area contributed by atoms with Crippen LogP contribution in [0.15, 0.2) is 146 Å². The fourth-order valence-electron chi connectivity index (χ4n) is 14.1. The summed E-state index contributed by atoms with van der Waals surface area (Å²) in [4.78, 5) is 101. The Hall–Kier alpha value is -15.3. The maximum absolute atomic E-state index is 12.7. The first-order valence-electron chi connectivity index (χ1n) is 39.4. The summed E-state index contributed by atoms with van der Waals surface area (Å²) in [5.41, 5.74) is 39.5. The van der Waals surface area contributed by atoms with Crippen LogP contribution in [0.1, 0.15) is 143 Å². The van der Waals surface area contributed by atoms with Crippen LogP contribution in [0, 0.1) is 6.92 Å². The van der Waals surface area contributed by atoms with E-state index < -0.39 is 0 Å². The standard InChI is InChI=1S/C22H23N9O.C21H21N9OS.C21H20N8OS.C21H25N7O/c1-22(2,3)31-20-17(19(23)24-11-25-20)18(29-31)13-6-5-12-9-15(27-14(12)10-13)21(32)28-16-7-8-26-30(16)4;1-10-27-28-20(32-10)26-19(31)14-7-11-5-6-12(8-13(11)25-14)16-15-17(22)23-9-24-18(15)30(29-16)21(2,3)4;1-21(2,3)29-19-16(18(22)24-9-25-19)17(28-29)12-5-4-11-6-14(26-13(11)7-12)20(30)27-15-8-23-10-31-15;1-5-8-23-20(29)15-9-12-6-7-13(10-14(12)26-15)17-16-18(22)24-11-25-19(16)28(27-17)21(2,3)4/h5-11,27H,1-4H3,(H,28,32)(H2,23,24,25);5-9,25H,1-4H3,(H2,22,23,24)(H,26,28,31);4-10,26H,1-3H3,(H,27,30)(H2,22,24,25);6-7,9-11,26H,5,8H2,1-4H3,(H,23,29)(H2,22,24,25). The van der Waals surface area contributed by atoms with Gasteiger partial charge in [0.1, 0.15) is 110 Å². The third kappa shape index (κ3) is 16.3. The van der Waals surface area contributed by atoms with Crippen LogP contribution in [0.25, 0.3) is 133 Å². The highest BCUT2D eigenvalue weighted by molar-refractivity contribution is 7.15. The maximum atomic E-state index is 12.7. The van der Waals surface area contributed by atoms with Crippen LogP contribution in [0.2, 0.25) is 0 Å². The molecular formula is C85H89N33O4S2. The minimum absolute atomic E-state index is 0.107. The first-order valence-corrected chi connectivity index (χ1v) is 41.1. The smallest absolute Gasteiger partial charge is 0.273 e. The fraction of sp³-hybridized carbons (Fsp3) is 0.247. The van der Waals surface area contributed by atoms with Crippen LogP contribution in [-0.4, -0.2) is 154 Å². The number of fused-ring (bicyclic) bond motifs is 8. The summed E-state index contributed by atoms with van der Waals surface area (Å²) in [7, 11) is 1.77. The van der Waals surface area contributed by atoms with Crippen LogP contribution in [0.5, 0.6) is 0 Å². The van der Waals surface area contributed by atoms with Gasteiger partial charge in [-0.25, -0.2) is 58.6 Å². The van der Waals surface area contributed by atoms with E-state index in [0.717, 1.165) is 88.4 Å². The molecule has 0 saturated heterocycles. The van der Waals surface area contributed by atoms with Crippen molar-refractivity contribution in [2.24, 2.45) is 7.05 Å². The van der Waals surface area contributed by atoms with E-state index in [1.54, 1.807) is 41.8 Å². The summed E-state index contributed by atoms with van der Waals surface area (Å²) in [6, 6.07) is 32.5. The van der Waals surface area contributed by atoms with E-state index in [1.165, 1.54) is 48.0 Å². The molecule has 19 rings (SSSR count). The fourth-order valence-corrected chi connectivity index (χ4v) is 15.2. The molecule has 15 heterocycles. The number of anilines is 7. The van der Waals surface area contributed by atoms with Gasteiger partial charge in [-0.1, -0.05) is 66.8 Å². The zero-order chi connectivity index (χ0) is 87.8. The molecule has 0 aliphatic rings. The van der Waals surface area contributed by atoms with Crippen molar-refractivity contribution in [1.82, 2.24) is 129 Å². The third-order valence-electron chi connectivity index (χ3n) is 20.1. The zero-order valence-corrected chi connectivity index (χ0v) is 72.1. The highest BCUT2D eigenvalue weighted by Gasteiger charge is 2.30. The molecule has 39 heteroatoms. The largest absolute Gasteiger partial charge is 0.383 e. The molecule has 0 bridgehead atoms. The van der Waals surface area contributed by atoms with Crippen LogP contribution < -0.4 is 44.2 Å². The predicted molar refractivity (Wildman–Crippen MR) is 485 cm³/mol. The molecule has 630 valence electrons. The van der Waals surface area contributed by atoms with Crippen LogP contribution in [-0.2, 0) is 29.2 Å². The van der Waals surface area contributed by atoms with Crippen molar-refractivity contribution in [2.45, 2.75) is 126 Å². The average molecular weight is 1700 g/mol. The van der Waals surface area contributed by atoms with Crippen molar-refractivity contribution in [2.75, 3.05) is 45.4 Å². The number of aryl methyl sites for hydroxylation is 2. The molecule has 0 spiro atoms. The number of aromatic amines is 4. The number of rotatable bonds is 13. The van der Waals surface area contributed by atoms with Crippen molar-refractivity contribution in [3.05, 3.63) is 174 Å². The maximum Gasteiger partial charge on any atom is 0.273 e. The molecule has 0 unspecified atom stereocenters. The Morgan fingerprint density at radius 2 is 0.766 bits per heavy atom. The number of nitrogens with two attached hydrogens (primary N) is 4. The summed E-state index contributed by atoms with van der Waals surface area (Å²) in [5, 5.41) is 51.0. The van der Waals surface area contributed by atoms with Gasteiger partial charge in [-0.2, -0.15) is 25.5 Å². The van der Waals surface area contributed by atoms with Gasteiger partial charge < -0.3 is 58.8 Å². The number of nitrogens with one attached hydrogen (secondary N) is 8. The second-order valence-corrected chi connectivity index (χ2v) is 35.5. The molecular weight excluding hydrogens is 1610 g/mol. The van der Waals surface area contributed by atoms with Gasteiger partial charge in [0.05, 0.1) is 61.6 Å². The van der Waals surface area contributed by atoms with E-state index in [2.05, 4.69) is 184 Å². The molecule has 16 N–H and O–H groups in total. The first kappa shape index (κ1) is 82.4.